The van der Waals surface area contributed by atoms with Crippen molar-refractivity contribution >= 4 is 44.2 Å². The fraction of sp³-hybridized carbons (Fsp3) is 0.161. The Balaban J connectivity index is 1.38. The van der Waals surface area contributed by atoms with E-state index in [1.165, 1.54) is 41.9 Å². The first-order chi connectivity index (χ1) is 20.6. The molecule has 12 heteroatoms. The molecule has 1 unspecified atom stereocenters. The summed E-state index contributed by atoms with van der Waals surface area (Å²) in [5.74, 6) is -0.959. The molecule has 0 fully saturated rings. The number of aryl methyl sites for hydroxylation is 1. The van der Waals surface area contributed by atoms with Crippen LogP contribution in [-0.4, -0.2) is 36.1 Å². The van der Waals surface area contributed by atoms with Crippen LogP contribution < -0.4 is 15.6 Å². The van der Waals surface area contributed by atoms with Crippen LogP contribution in [0.15, 0.2) is 99.1 Å². The van der Waals surface area contributed by atoms with Crippen LogP contribution in [0.2, 0.25) is 0 Å². The molecular formula is C31H28N4O7S. The highest BCUT2D eigenvalue weighted by molar-refractivity contribution is 7.92. The summed E-state index contributed by atoms with van der Waals surface area (Å²) >= 11 is 0. The molecule has 2 aromatic heterocycles. The number of aromatic nitrogens is 2. The normalized spacial score (nSPS) is 12.1. The maximum absolute atomic E-state index is 13.6. The second-order valence-electron chi connectivity index (χ2n) is 9.74. The van der Waals surface area contributed by atoms with Gasteiger partial charge in [0.1, 0.15) is 11.5 Å². The minimum atomic E-state index is -3.95. The van der Waals surface area contributed by atoms with Crippen LogP contribution in [0, 0.1) is 6.92 Å². The molecule has 11 nitrogen and oxygen atoms in total. The van der Waals surface area contributed by atoms with E-state index in [4.69, 9.17) is 9.26 Å². The van der Waals surface area contributed by atoms with Crippen molar-refractivity contribution in [3.8, 4) is 11.1 Å². The number of nitrogens with one attached hydrogen (secondary N) is 2. The molecule has 1 amide bonds. The number of anilines is 2. The molecule has 0 radical (unpaired) electrons. The van der Waals surface area contributed by atoms with Gasteiger partial charge in [0.15, 0.2) is 11.9 Å². The van der Waals surface area contributed by atoms with Crippen molar-refractivity contribution in [1.29, 1.82) is 0 Å². The summed E-state index contributed by atoms with van der Waals surface area (Å²) in [6, 6.07) is 23.1. The number of hydrogen-bond donors (Lipinski definition) is 2. The lowest BCUT2D eigenvalue weighted by Crippen LogP contribution is -2.34. The van der Waals surface area contributed by atoms with Gasteiger partial charge < -0.3 is 19.1 Å². The minimum Gasteiger partial charge on any atom is -0.448 e. The molecule has 1 atom stereocenters. The van der Waals surface area contributed by atoms with E-state index in [1.807, 2.05) is 30.3 Å². The standard InChI is InChI=1S/C31H28N4O7S/c1-4-25(29(36)32-21-14-16-22(17-15-21)43(39,40)34-26-18-19(2)42-33-26)41-31(38)28-27(20-10-6-5-7-11-20)23-12-8-9-13-24(23)30(37)35(28)3/h5-18,25H,4H2,1-3H3,(H,32,36)(H,33,34). The maximum atomic E-state index is 13.6. The van der Waals surface area contributed by atoms with Gasteiger partial charge in [-0.3, -0.25) is 14.3 Å². The van der Waals surface area contributed by atoms with Gasteiger partial charge >= 0.3 is 5.97 Å². The molecular weight excluding hydrogens is 572 g/mol. The van der Waals surface area contributed by atoms with Crippen molar-refractivity contribution in [3.63, 3.8) is 0 Å². The topological polar surface area (TPSA) is 150 Å². The van der Waals surface area contributed by atoms with Gasteiger partial charge in [-0.15, -0.1) is 0 Å². The number of sulfonamides is 1. The Morgan fingerprint density at radius 3 is 2.26 bits per heavy atom. The molecule has 0 spiro atoms. The van der Waals surface area contributed by atoms with E-state index in [0.717, 1.165) is 0 Å². The Labute approximate surface area is 247 Å². The molecule has 5 aromatic rings. The quantitative estimate of drug-likeness (QED) is 0.228. The highest BCUT2D eigenvalue weighted by atomic mass is 32.2. The zero-order valence-electron chi connectivity index (χ0n) is 23.5. The Hall–Kier alpha value is -5.23. The van der Waals surface area contributed by atoms with Crippen molar-refractivity contribution in [1.82, 2.24) is 9.72 Å². The Kier molecular flexibility index (Phi) is 8.13. The van der Waals surface area contributed by atoms with E-state index in [0.29, 0.717) is 33.3 Å². The molecule has 0 saturated carbocycles. The zero-order chi connectivity index (χ0) is 30.7. The van der Waals surface area contributed by atoms with E-state index in [-0.39, 0.29) is 28.4 Å². The maximum Gasteiger partial charge on any atom is 0.356 e. The number of nitrogens with zero attached hydrogens (tertiary/aromatic N) is 2. The fourth-order valence-electron chi connectivity index (χ4n) is 4.66. The highest BCUT2D eigenvalue weighted by Crippen LogP contribution is 2.31. The van der Waals surface area contributed by atoms with Gasteiger partial charge in [-0.25, -0.2) is 13.2 Å². The largest absolute Gasteiger partial charge is 0.448 e. The molecule has 5 rings (SSSR count). The first-order valence-electron chi connectivity index (χ1n) is 13.3. The van der Waals surface area contributed by atoms with Gasteiger partial charge in [0.2, 0.25) is 0 Å². The first-order valence-corrected chi connectivity index (χ1v) is 14.8. The number of rotatable bonds is 9. The number of benzene rings is 3. The number of ether oxygens (including phenoxy) is 1. The summed E-state index contributed by atoms with van der Waals surface area (Å²) in [4.78, 5) is 39.9. The van der Waals surface area contributed by atoms with Gasteiger partial charge in [-0.05, 0) is 54.6 Å². The monoisotopic (exact) mass is 600 g/mol. The molecule has 2 N–H and O–H groups in total. The molecule has 3 aromatic carbocycles. The van der Waals surface area contributed by atoms with Crippen LogP contribution in [0.4, 0.5) is 11.5 Å². The van der Waals surface area contributed by atoms with Gasteiger partial charge in [0, 0.05) is 29.8 Å². The molecule has 0 aliphatic heterocycles. The summed E-state index contributed by atoms with van der Waals surface area (Å²) in [5.41, 5.74) is 1.17. The molecule has 0 aliphatic rings. The Morgan fingerprint density at radius 2 is 1.63 bits per heavy atom. The van der Waals surface area contributed by atoms with E-state index in [2.05, 4.69) is 15.2 Å². The smallest absolute Gasteiger partial charge is 0.356 e. The summed E-state index contributed by atoms with van der Waals surface area (Å²) in [6.07, 6.45) is -1.05. The van der Waals surface area contributed by atoms with E-state index >= 15 is 0 Å². The summed E-state index contributed by atoms with van der Waals surface area (Å²) < 4.78 is 39.4. The van der Waals surface area contributed by atoms with Crippen molar-refractivity contribution < 1.29 is 27.3 Å². The molecule has 0 saturated heterocycles. The van der Waals surface area contributed by atoms with Crippen LogP contribution in [0.5, 0.6) is 0 Å². The number of amides is 1. The van der Waals surface area contributed by atoms with Gasteiger partial charge in [-0.1, -0.05) is 60.6 Å². The lowest BCUT2D eigenvalue weighted by molar-refractivity contribution is -0.124. The molecule has 0 bridgehead atoms. The molecule has 2 heterocycles. The number of pyridine rings is 1. The van der Waals surface area contributed by atoms with Crippen LogP contribution >= 0.6 is 0 Å². The zero-order valence-corrected chi connectivity index (χ0v) is 24.3. The third-order valence-corrected chi connectivity index (χ3v) is 8.14. The predicted octanol–water partition coefficient (Wildman–Crippen LogP) is 4.88. The third-order valence-electron chi connectivity index (χ3n) is 6.77. The second-order valence-corrected chi connectivity index (χ2v) is 11.4. The molecule has 220 valence electrons. The van der Waals surface area contributed by atoms with Gasteiger partial charge in [-0.2, -0.15) is 0 Å². The number of fused-ring (bicyclic) bond motifs is 1. The summed E-state index contributed by atoms with van der Waals surface area (Å²) in [5, 5.41) is 7.31. The van der Waals surface area contributed by atoms with Crippen LogP contribution in [0.1, 0.15) is 29.6 Å². The Bertz CT molecular complexity index is 1980. The van der Waals surface area contributed by atoms with Crippen LogP contribution in [0.25, 0.3) is 21.9 Å². The minimum absolute atomic E-state index is 0.0190. The van der Waals surface area contributed by atoms with E-state index in [9.17, 15) is 22.8 Å². The number of carbonyl (C=O) groups is 2. The SMILES string of the molecule is CCC(OC(=O)c1c(-c2ccccc2)c2ccccc2c(=O)n1C)C(=O)Nc1ccc(S(=O)(=O)Nc2cc(C)on2)cc1. The van der Waals surface area contributed by atoms with Crippen LogP contribution in [-0.2, 0) is 26.6 Å². The number of carbonyl (C=O) groups excluding carboxylic acids is 2. The second kappa shape index (κ2) is 11.9. The summed E-state index contributed by atoms with van der Waals surface area (Å²) in [7, 11) is -2.45. The van der Waals surface area contributed by atoms with Gasteiger partial charge in [0.25, 0.3) is 21.5 Å². The first kappa shape index (κ1) is 29.3. The molecule has 0 aliphatic carbocycles. The third kappa shape index (κ3) is 6.04. The van der Waals surface area contributed by atoms with E-state index < -0.39 is 28.0 Å². The number of esters is 1. The lowest BCUT2D eigenvalue weighted by Gasteiger charge is -2.20. The van der Waals surface area contributed by atoms with Gasteiger partial charge in [0.05, 0.1) is 4.90 Å². The lowest BCUT2D eigenvalue weighted by atomic mass is 9.97. The molecule has 43 heavy (non-hydrogen) atoms. The van der Waals surface area contributed by atoms with E-state index in [1.54, 1.807) is 38.1 Å². The van der Waals surface area contributed by atoms with Crippen molar-refractivity contribution in [2.45, 2.75) is 31.3 Å². The summed E-state index contributed by atoms with van der Waals surface area (Å²) in [6.45, 7) is 3.32. The average molecular weight is 601 g/mol. The van der Waals surface area contributed by atoms with Crippen molar-refractivity contribution in [3.05, 3.63) is 107 Å². The predicted molar refractivity (Wildman–Crippen MR) is 161 cm³/mol. The Morgan fingerprint density at radius 1 is 0.977 bits per heavy atom. The van der Waals surface area contributed by atoms with Crippen LogP contribution in [0.3, 0.4) is 0 Å². The van der Waals surface area contributed by atoms with Crippen molar-refractivity contribution in [2.24, 2.45) is 7.05 Å². The average Bonchev–Trinajstić information content (AvgIpc) is 3.41. The fourth-order valence-corrected chi connectivity index (χ4v) is 5.64. The number of hydrogen-bond acceptors (Lipinski definition) is 8. The van der Waals surface area contributed by atoms with Crippen molar-refractivity contribution in [2.75, 3.05) is 10.0 Å². The highest BCUT2D eigenvalue weighted by Gasteiger charge is 2.28.